The molecule has 0 bridgehead atoms. The molecule has 0 aromatic heterocycles. The molecule has 10 heteroatoms. The molecule has 0 saturated carbocycles. The minimum Gasteiger partial charge on any atom is -0.463 e. The van der Waals surface area contributed by atoms with Crippen molar-refractivity contribution < 1.29 is 28.6 Å². The van der Waals surface area contributed by atoms with Crippen molar-refractivity contribution in [2.75, 3.05) is 19.8 Å². The first-order valence-electron chi connectivity index (χ1n) is 8.13. The number of halogens is 1. The topological polar surface area (TPSA) is 78.9 Å². The second kappa shape index (κ2) is 13.0. The third kappa shape index (κ3) is 13.9. The second-order valence-electron chi connectivity index (χ2n) is 6.29. The summed E-state index contributed by atoms with van der Waals surface area (Å²) in [6.07, 6.45) is 0.304. The largest absolute Gasteiger partial charge is 0.463 e. The normalized spacial score (nSPS) is 16.7. The molecule has 0 aromatic carbocycles. The van der Waals surface area contributed by atoms with Crippen LogP contribution in [0.1, 0.15) is 40.0 Å². The molecule has 0 aliphatic heterocycles. The van der Waals surface area contributed by atoms with Crippen LogP contribution in [0.2, 0.25) is 0 Å². The molecule has 0 N–H and O–H groups in total. The van der Waals surface area contributed by atoms with Crippen molar-refractivity contribution in [3.8, 4) is 0 Å². The fourth-order valence-electron chi connectivity index (χ4n) is 1.65. The lowest BCUT2D eigenvalue weighted by molar-refractivity contribution is -0.151. The second-order valence-corrected chi connectivity index (χ2v) is 9.74. The Hall–Kier alpha value is -0.250. The number of alkyl halides is 1. The molecule has 0 rings (SSSR count). The van der Waals surface area contributed by atoms with Crippen molar-refractivity contribution in [3.63, 3.8) is 0 Å². The Morgan fingerprint density at radius 1 is 0.731 bits per heavy atom. The first kappa shape index (κ1) is 25.8. The van der Waals surface area contributed by atoms with Crippen molar-refractivity contribution in [2.24, 2.45) is 0 Å². The molecule has 0 fully saturated rings. The zero-order chi connectivity index (χ0) is 20.3. The van der Waals surface area contributed by atoms with Crippen LogP contribution in [0.4, 0.5) is 0 Å². The Morgan fingerprint density at radius 2 is 0.962 bits per heavy atom. The molecule has 0 radical (unpaired) electrons. The Balaban J connectivity index is 4.75. The third-order valence-electron chi connectivity index (χ3n) is 2.86. The molecule has 0 heterocycles. The molecular weight excluding hydrogens is 420 g/mol. The fourth-order valence-corrected chi connectivity index (χ4v) is 2.27. The Morgan fingerprint density at radius 3 is 1.15 bits per heavy atom. The van der Waals surface area contributed by atoms with E-state index in [1.807, 2.05) is 0 Å². The highest BCUT2D eigenvalue weighted by Gasteiger charge is 2.34. The van der Waals surface area contributed by atoms with Gasteiger partial charge in [-0.1, -0.05) is 20.8 Å². The van der Waals surface area contributed by atoms with E-state index in [0.29, 0.717) is 0 Å². The molecule has 0 spiro atoms. The van der Waals surface area contributed by atoms with Gasteiger partial charge in [-0.05, 0) is 0 Å². The lowest BCUT2D eigenvalue weighted by Crippen LogP contribution is -2.41. The minimum atomic E-state index is -1.37. The molecule has 0 aliphatic rings. The Bertz CT molecular complexity index is 406. The number of rotatable bonds is 12. The number of ether oxygens (including phenoxy) is 3. The molecule has 152 valence electrons. The molecular formula is C16H27ClO6S3. The number of esters is 3. The monoisotopic (exact) mass is 446 g/mol. The van der Waals surface area contributed by atoms with E-state index in [4.69, 9.17) is 25.8 Å². The van der Waals surface area contributed by atoms with Crippen molar-refractivity contribution in [2.45, 2.75) is 60.7 Å². The van der Waals surface area contributed by atoms with Crippen LogP contribution in [-0.2, 0) is 28.6 Å². The van der Waals surface area contributed by atoms with Gasteiger partial charge in [0.15, 0.2) is 0 Å². The van der Waals surface area contributed by atoms with E-state index in [2.05, 4.69) is 37.9 Å². The van der Waals surface area contributed by atoms with E-state index in [0.717, 1.165) is 0 Å². The predicted molar refractivity (Wildman–Crippen MR) is 111 cm³/mol. The van der Waals surface area contributed by atoms with E-state index in [9.17, 15) is 14.4 Å². The van der Waals surface area contributed by atoms with Crippen LogP contribution < -0.4 is 0 Å². The molecule has 3 atom stereocenters. The van der Waals surface area contributed by atoms with Gasteiger partial charge < -0.3 is 14.2 Å². The zero-order valence-electron chi connectivity index (χ0n) is 15.1. The van der Waals surface area contributed by atoms with Crippen molar-refractivity contribution in [1.29, 1.82) is 0 Å². The average molecular weight is 447 g/mol. The zero-order valence-corrected chi connectivity index (χ0v) is 18.6. The van der Waals surface area contributed by atoms with Crippen LogP contribution >= 0.6 is 49.5 Å². The summed E-state index contributed by atoms with van der Waals surface area (Å²) in [5.74, 6) is -1.49. The van der Waals surface area contributed by atoms with Crippen LogP contribution in [-0.4, -0.2) is 58.4 Å². The standard InChI is InChI=1S/C16H27ClO6S3/c1-10(24)4-13(18)21-7-16(17,8-22-14(19)5-11(2)25)9-23-15(20)6-12(3)26/h10-12,24-26H,4-9H2,1-3H3. The summed E-state index contributed by atoms with van der Waals surface area (Å²) >= 11 is 18.7. The quantitative estimate of drug-likeness (QED) is 0.185. The molecule has 3 unspecified atom stereocenters. The van der Waals surface area contributed by atoms with Gasteiger partial charge in [0.2, 0.25) is 0 Å². The van der Waals surface area contributed by atoms with Crippen LogP contribution in [0, 0.1) is 0 Å². The van der Waals surface area contributed by atoms with Crippen LogP contribution in [0.3, 0.4) is 0 Å². The van der Waals surface area contributed by atoms with Crippen LogP contribution in [0.5, 0.6) is 0 Å². The summed E-state index contributed by atoms with van der Waals surface area (Å²) in [6, 6.07) is 0. The van der Waals surface area contributed by atoms with Gasteiger partial charge in [-0.3, -0.25) is 14.4 Å². The Labute approximate surface area is 176 Å². The summed E-state index contributed by atoms with van der Waals surface area (Å²) in [5, 5.41) is -0.509. The van der Waals surface area contributed by atoms with Crippen LogP contribution in [0.25, 0.3) is 0 Å². The highest BCUT2D eigenvalue weighted by molar-refractivity contribution is 7.81. The number of thiol groups is 3. The molecule has 0 aliphatic carbocycles. The van der Waals surface area contributed by atoms with Gasteiger partial charge >= 0.3 is 17.9 Å². The lowest BCUT2D eigenvalue weighted by atomic mass is 10.2. The van der Waals surface area contributed by atoms with E-state index in [1.54, 1.807) is 20.8 Å². The summed E-state index contributed by atoms with van der Waals surface area (Å²) in [7, 11) is 0. The summed E-state index contributed by atoms with van der Waals surface area (Å²) < 4.78 is 15.3. The van der Waals surface area contributed by atoms with E-state index >= 15 is 0 Å². The van der Waals surface area contributed by atoms with E-state index < -0.39 is 22.8 Å². The van der Waals surface area contributed by atoms with Crippen molar-refractivity contribution >= 4 is 67.4 Å². The maximum Gasteiger partial charge on any atom is 0.306 e. The van der Waals surface area contributed by atoms with E-state index in [-0.39, 0.29) is 54.8 Å². The van der Waals surface area contributed by atoms with Gasteiger partial charge in [0.25, 0.3) is 0 Å². The lowest BCUT2D eigenvalue weighted by Gasteiger charge is -2.26. The van der Waals surface area contributed by atoms with Gasteiger partial charge in [0.1, 0.15) is 24.7 Å². The molecule has 0 amide bonds. The maximum atomic E-state index is 11.7. The SMILES string of the molecule is CC(S)CC(=O)OCC(Cl)(COC(=O)CC(C)S)COC(=O)CC(C)S. The van der Waals surface area contributed by atoms with Gasteiger partial charge in [0, 0.05) is 15.7 Å². The van der Waals surface area contributed by atoms with Crippen molar-refractivity contribution in [3.05, 3.63) is 0 Å². The maximum absolute atomic E-state index is 11.7. The first-order chi connectivity index (χ1) is 11.9. The number of carbonyl (C=O) groups is 3. The number of hydrogen-bond donors (Lipinski definition) is 3. The highest BCUT2D eigenvalue weighted by Crippen LogP contribution is 2.20. The number of hydrogen-bond acceptors (Lipinski definition) is 9. The number of carbonyl (C=O) groups excluding carboxylic acids is 3. The highest BCUT2D eigenvalue weighted by atomic mass is 35.5. The smallest absolute Gasteiger partial charge is 0.306 e. The summed E-state index contributed by atoms with van der Waals surface area (Å²) in [4.78, 5) is 33.7. The van der Waals surface area contributed by atoms with Crippen molar-refractivity contribution in [1.82, 2.24) is 0 Å². The molecule has 0 aromatic rings. The molecule has 6 nitrogen and oxygen atoms in total. The van der Waals surface area contributed by atoms with E-state index in [1.165, 1.54) is 0 Å². The Kier molecular flexibility index (Phi) is 12.9. The first-order valence-corrected chi connectivity index (χ1v) is 10.1. The fraction of sp³-hybridized carbons (Fsp3) is 0.812. The van der Waals surface area contributed by atoms with Gasteiger partial charge in [-0.15, -0.1) is 11.6 Å². The predicted octanol–water partition coefficient (Wildman–Crippen LogP) is 2.72. The van der Waals surface area contributed by atoms with Crippen LogP contribution in [0.15, 0.2) is 0 Å². The van der Waals surface area contributed by atoms with Gasteiger partial charge in [-0.25, -0.2) is 0 Å². The molecule has 26 heavy (non-hydrogen) atoms. The summed E-state index contributed by atoms with van der Waals surface area (Å²) in [6.45, 7) is 4.42. The van der Waals surface area contributed by atoms with Gasteiger partial charge in [-0.2, -0.15) is 37.9 Å². The third-order valence-corrected chi connectivity index (χ3v) is 3.74. The van der Waals surface area contributed by atoms with Gasteiger partial charge in [0.05, 0.1) is 19.3 Å². The minimum absolute atomic E-state index is 0.101. The molecule has 0 saturated heterocycles. The average Bonchev–Trinajstić information content (AvgIpc) is 2.47. The summed E-state index contributed by atoms with van der Waals surface area (Å²) in [5.41, 5.74) is 0.